The Balaban J connectivity index is 1.91. The van der Waals surface area contributed by atoms with E-state index in [1.165, 1.54) is 6.07 Å². The number of hydrogen-bond donors (Lipinski definition) is 2. The van der Waals surface area contributed by atoms with Crippen molar-refractivity contribution in [3.05, 3.63) is 28.5 Å². The summed E-state index contributed by atoms with van der Waals surface area (Å²) >= 11 is 3.26. The minimum atomic E-state index is -0.422. The fraction of sp³-hybridized carbons (Fsp3) is 0.462. The first-order valence-corrected chi connectivity index (χ1v) is 7.12. The van der Waals surface area contributed by atoms with Crippen LogP contribution in [0.25, 0.3) is 0 Å². The van der Waals surface area contributed by atoms with Crippen LogP contribution in [0.4, 0.5) is 10.1 Å². The van der Waals surface area contributed by atoms with Crippen LogP contribution in [-0.2, 0) is 4.79 Å². The normalized spacial score (nSPS) is 16.9. The molecule has 2 N–H and O–H groups in total. The Bertz CT molecular complexity index is 448. The molecule has 1 aromatic rings. The number of carbonyl (C=O) groups is 1. The number of amides is 1. The standard InChI is InChI=1S/C13H17BrFN3O/c14-10-2-3-11(15)12(8-10)17-13(19)9-18-6-1-4-16-5-7-18/h2-3,8,16H,1,4-7,9H2,(H,17,19). The number of hydrogen-bond acceptors (Lipinski definition) is 3. The molecule has 19 heavy (non-hydrogen) atoms. The van der Waals surface area contributed by atoms with Gasteiger partial charge in [-0.05, 0) is 37.7 Å². The van der Waals surface area contributed by atoms with E-state index >= 15 is 0 Å². The summed E-state index contributed by atoms with van der Waals surface area (Å²) in [5.74, 6) is -0.604. The molecule has 1 amide bonds. The van der Waals surface area contributed by atoms with Gasteiger partial charge in [0.2, 0.25) is 5.91 Å². The molecule has 1 saturated heterocycles. The van der Waals surface area contributed by atoms with Gasteiger partial charge >= 0.3 is 0 Å². The van der Waals surface area contributed by atoms with Gasteiger partial charge in [0.15, 0.2) is 0 Å². The summed E-state index contributed by atoms with van der Waals surface area (Å²) in [5, 5.41) is 5.89. The fourth-order valence-electron chi connectivity index (χ4n) is 2.05. The van der Waals surface area contributed by atoms with Crippen LogP contribution >= 0.6 is 15.9 Å². The van der Waals surface area contributed by atoms with E-state index in [-0.39, 0.29) is 11.6 Å². The number of carbonyl (C=O) groups excluding carboxylic acids is 1. The van der Waals surface area contributed by atoms with E-state index < -0.39 is 5.82 Å². The first-order valence-electron chi connectivity index (χ1n) is 6.33. The first-order chi connectivity index (χ1) is 9.15. The van der Waals surface area contributed by atoms with Gasteiger partial charge in [-0.1, -0.05) is 15.9 Å². The van der Waals surface area contributed by atoms with Gasteiger partial charge in [0.1, 0.15) is 5.82 Å². The molecule has 0 saturated carbocycles. The number of benzene rings is 1. The van der Waals surface area contributed by atoms with Crippen LogP contribution in [0.15, 0.2) is 22.7 Å². The van der Waals surface area contributed by atoms with Crippen molar-refractivity contribution in [1.29, 1.82) is 0 Å². The van der Waals surface area contributed by atoms with Crippen molar-refractivity contribution in [2.75, 3.05) is 38.0 Å². The van der Waals surface area contributed by atoms with E-state index in [0.29, 0.717) is 6.54 Å². The molecule has 1 heterocycles. The van der Waals surface area contributed by atoms with Crippen molar-refractivity contribution in [3.8, 4) is 0 Å². The SMILES string of the molecule is O=C(CN1CCCNCC1)Nc1cc(Br)ccc1F. The lowest BCUT2D eigenvalue weighted by atomic mass is 10.3. The molecule has 0 aromatic heterocycles. The minimum absolute atomic E-state index is 0.182. The Morgan fingerprint density at radius 3 is 3.11 bits per heavy atom. The number of anilines is 1. The van der Waals surface area contributed by atoms with E-state index in [2.05, 4.69) is 31.5 Å². The maximum absolute atomic E-state index is 13.5. The molecular weight excluding hydrogens is 313 g/mol. The topological polar surface area (TPSA) is 44.4 Å². The largest absolute Gasteiger partial charge is 0.322 e. The van der Waals surface area contributed by atoms with Gasteiger partial charge in [-0.25, -0.2) is 4.39 Å². The zero-order chi connectivity index (χ0) is 13.7. The molecule has 1 aromatic carbocycles. The Morgan fingerprint density at radius 2 is 2.26 bits per heavy atom. The highest BCUT2D eigenvalue weighted by Gasteiger charge is 2.14. The van der Waals surface area contributed by atoms with Crippen LogP contribution in [0.1, 0.15) is 6.42 Å². The molecule has 1 aliphatic rings. The zero-order valence-corrected chi connectivity index (χ0v) is 12.2. The van der Waals surface area contributed by atoms with E-state index in [1.807, 2.05) is 0 Å². The zero-order valence-electron chi connectivity index (χ0n) is 10.6. The lowest BCUT2D eigenvalue weighted by molar-refractivity contribution is -0.117. The van der Waals surface area contributed by atoms with Crippen LogP contribution in [0, 0.1) is 5.82 Å². The molecule has 1 fully saturated rings. The fourth-order valence-corrected chi connectivity index (χ4v) is 2.41. The number of nitrogens with zero attached hydrogens (tertiary/aromatic N) is 1. The molecule has 104 valence electrons. The van der Waals surface area contributed by atoms with E-state index in [9.17, 15) is 9.18 Å². The third-order valence-corrected chi connectivity index (χ3v) is 3.50. The van der Waals surface area contributed by atoms with Gasteiger partial charge in [0, 0.05) is 17.6 Å². The maximum atomic E-state index is 13.5. The third-order valence-electron chi connectivity index (χ3n) is 3.00. The summed E-state index contributed by atoms with van der Waals surface area (Å²) in [6.07, 6.45) is 1.03. The van der Waals surface area contributed by atoms with Gasteiger partial charge in [0.05, 0.1) is 12.2 Å². The molecule has 0 atom stereocenters. The van der Waals surface area contributed by atoms with Crippen LogP contribution in [0.5, 0.6) is 0 Å². The second-order valence-electron chi connectivity index (χ2n) is 4.55. The van der Waals surface area contributed by atoms with Gasteiger partial charge in [-0.2, -0.15) is 0 Å². The van der Waals surface area contributed by atoms with Crippen LogP contribution in [0.3, 0.4) is 0 Å². The molecular formula is C13H17BrFN3O. The Hall–Kier alpha value is -0.980. The molecule has 2 rings (SSSR count). The third kappa shape index (κ3) is 4.56. The molecule has 0 radical (unpaired) electrons. The summed E-state index contributed by atoms with van der Waals surface area (Å²) < 4.78 is 14.3. The Labute approximate surface area is 120 Å². The van der Waals surface area contributed by atoms with Gasteiger partial charge in [-0.3, -0.25) is 9.69 Å². The maximum Gasteiger partial charge on any atom is 0.238 e. The predicted molar refractivity (Wildman–Crippen MR) is 76.7 cm³/mol. The highest BCUT2D eigenvalue weighted by Crippen LogP contribution is 2.19. The minimum Gasteiger partial charge on any atom is -0.322 e. The first kappa shape index (κ1) is 14.4. The van der Waals surface area contributed by atoms with E-state index in [4.69, 9.17) is 0 Å². The van der Waals surface area contributed by atoms with Crippen LogP contribution in [-0.4, -0.2) is 43.5 Å². The molecule has 0 aliphatic carbocycles. The van der Waals surface area contributed by atoms with Crippen molar-refractivity contribution in [2.24, 2.45) is 0 Å². The lowest BCUT2D eigenvalue weighted by Gasteiger charge is -2.18. The Kier molecular flexibility index (Phi) is 5.30. The van der Waals surface area contributed by atoms with Gasteiger partial charge in [-0.15, -0.1) is 0 Å². The summed E-state index contributed by atoms with van der Waals surface area (Å²) in [7, 11) is 0. The molecule has 0 unspecified atom stereocenters. The Morgan fingerprint density at radius 1 is 1.42 bits per heavy atom. The van der Waals surface area contributed by atoms with Crippen LogP contribution in [0.2, 0.25) is 0 Å². The molecule has 0 bridgehead atoms. The highest BCUT2D eigenvalue weighted by atomic mass is 79.9. The number of nitrogens with one attached hydrogen (secondary N) is 2. The van der Waals surface area contributed by atoms with E-state index in [1.54, 1.807) is 12.1 Å². The van der Waals surface area contributed by atoms with Crippen molar-refractivity contribution in [2.45, 2.75) is 6.42 Å². The van der Waals surface area contributed by atoms with Crippen molar-refractivity contribution >= 4 is 27.5 Å². The highest BCUT2D eigenvalue weighted by molar-refractivity contribution is 9.10. The quantitative estimate of drug-likeness (QED) is 0.889. The van der Waals surface area contributed by atoms with Crippen LogP contribution < -0.4 is 10.6 Å². The van der Waals surface area contributed by atoms with E-state index in [0.717, 1.165) is 37.1 Å². The molecule has 4 nitrogen and oxygen atoms in total. The smallest absolute Gasteiger partial charge is 0.238 e. The molecule has 6 heteroatoms. The summed E-state index contributed by atoms with van der Waals surface area (Å²) in [5.41, 5.74) is 0.215. The summed E-state index contributed by atoms with van der Waals surface area (Å²) in [6, 6.07) is 4.50. The van der Waals surface area contributed by atoms with Gasteiger partial charge < -0.3 is 10.6 Å². The predicted octanol–water partition coefficient (Wildman–Crippen LogP) is 1.82. The second-order valence-corrected chi connectivity index (χ2v) is 5.47. The van der Waals surface area contributed by atoms with Crippen molar-refractivity contribution in [3.63, 3.8) is 0 Å². The number of halogens is 2. The van der Waals surface area contributed by atoms with Gasteiger partial charge in [0.25, 0.3) is 0 Å². The monoisotopic (exact) mass is 329 g/mol. The van der Waals surface area contributed by atoms with Crippen molar-refractivity contribution in [1.82, 2.24) is 10.2 Å². The molecule has 1 aliphatic heterocycles. The average Bonchev–Trinajstić information content (AvgIpc) is 2.62. The number of rotatable bonds is 3. The second kappa shape index (κ2) is 6.98. The summed E-state index contributed by atoms with van der Waals surface area (Å²) in [4.78, 5) is 14.0. The summed E-state index contributed by atoms with van der Waals surface area (Å²) in [6.45, 7) is 3.90. The van der Waals surface area contributed by atoms with Crippen molar-refractivity contribution < 1.29 is 9.18 Å². The molecule has 0 spiro atoms. The lowest BCUT2D eigenvalue weighted by Crippen LogP contribution is -2.35. The average molecular weight is 330 g/mol.